The van der Waals surface area contributed by atoms with Crippen LogP contribution in [0.5, 0.6) is 0 Å². The third-order valence-corrected chi connectivity index (χ3v) is 3.56. The normalized spacial score (nSPS) is 18.6. The fraction of sp³-hybridized carbons (Fsp3) is 0.750. The summed E-state index contributed by atoms with van der Waals surface area (Å²) in [5.41, 5.74) is -0.484. The summed E-state index contributed by atoms with van der Waals surface area (Å²) in [5, 5.41) is 19.0. The number of hydrogen-bond acceptors (Lipinski definition) is 4. The van der Waals surface area contributed by atoms with Crippen LogP contribution >= 0.6 is 0 Å². The molecule has 3 N–H and O–H groups in total. The molecule has 2 rings (SSSR count). The van der Waals surface area contributed by atoms with E-state index in [0.29, 0.717) is 12.2 Å². The summed E-state index contributed by atoms with van der Waals surface area (Å²) in [6, 6.07) is 0. The molecule has 18 heavy (non-hydrogen) atoms. The van der Waals surface area contributed by atoms with Crippen LogP contribution in [0, 0.1) is 0 Å². The molecule has 0 saturated heterocycles. The molecular weight excluding hydrogens is 232 g/mol. The number of hydrogen-bond donors (Lipinski definition) is 3. The minimum atomic E-state index is -0.484. The van der Waals surface area contributed by atoms with Crippen LogP contribution in [0.15, 0.2) is 0 Å². The van der Waals surface area contributed by atoms with Gasteiger partial charge in [-0.25, -0.2) is 4.98 Å². The Balaban J connectivity index is 2.04. The molecule has 0 aromatic carbocycles. The highest BCUT2D eigenvalue weighted by atomic mass is 16.3. The molecule has 1 heterocycles. The Hall–Kier alpha value is -1.43. The number of nitrogens with zero attached hydrogens (tertiary/aromatic N) is 2. The first-order chi connectivity index (χ1) is 8.69. The summed E-state index contributed by atoms with van der Waals surface area (Å²) in [7, 11) is 0. The number of rotatable bonds is 4. The largest absolute Gasteiger partial charge is 0.394 e. The smallest absolute Gasteiger partial charge is 0.291 e. The van der Waals surface area contributed by atoms with Gasteiger partial charge in [-0.2, -0.15) is 0 Å². The molecule has 0 spiro atoms. The Bertz CT molecular complexity index is 410. The number of amides is 1. The van der Waals surface area contributed by atoms with Gasteiger partial charge in [-0.1, -0.05) is 26.2 Å². The third-order valence-electron chi connectivity index (χ3n) is 3.56. The molecule has 1 aliphatic carbocycles. The van der Waals surface area contributed by atoms with E-state index in [1.54, 1.807) is 0 Å². The zero-order valence-electron chi connectivity index (χ0n) is 10.7. The van der Waals surface area contributed by atoms with E-state index in [1.807, 2.05) is 6.92 Å². The van der Waals surface area contributed by atoms with Gasteiger partial charge in [0.05, 0.1) is 12.1 Å². The predicted octanol–water partition coefficient (Wildman–Crippen LogP) is 0.792. The van der Waals surface area contributed by atoms with Gasteiger partial charge in [-0.15, -0.1) is 5.10 Å². The lowest BCUT2D eigenvalue weighted by molar-refractivity contribution is 0.0749. The Morgan fingerprint density at radius 3 is 2.72 bits per heavy atom. The molecule has 1 aromatic heterocycles. The lowest BCUT2D eigenvalue weighted by atomic mass is 9.82. The molecule has 0 atom stereocenters. The molecule has 1 amide bonds. The average molecular weight is 252 g/mol. The number of aromatic amines is 1. The Morgan fingerprint density at radius 1 is 1.44 bits per heavy atom. The summed E-state index contributed by atoms with van der Waals surface area (Å²) in [4.78, 5) is 16.1. The van der Waals surface area contributed by atoms with E-state index in [1.165, 1.54) is 0 Å². The van der Waals surface area contributed by atoms with E-state index in [2.05, 4.69) is 20.5 Å². The van der Waals surface area contributed by atoms with E-state index in [0.717, 1.165) is 32.1 Å². The second kappa shape index (κ2) is 5.48. The summed E-state index contributed by atoms with van der Waals surface area (Å²) in [6.45, 7) is 1.92. The van der Waals surface area contributed by atoms with Crippen molar-refractivity contribution in [3.8, 4) is 0 Å². The van der Waals surface area contributed by atoms with E-state index in [-0.39, 0.29) is 18.3 Å². The van der Waals surface area contributed by atoms with Crippen molar-refractivity contribution in [3.63, 3.8) is 0 Å². The monoisotopic (exact) mass is 252 g/mol. The third kappa shape index (κ3) is 2.69. The van der Waals surface area contributed by atoms with Crippen molar-refractivity contribution < 1.29 is 9.90 Å². The van der Waals surface area contributed by atoms with Crippen LogP contribution in [0.4, 0.5) is 0 Å². The summed E-state index contributed by atoms with van der Waals surface area (Å²) < 4.78 is 0. The molecule has 0 bridgehead atoms. The molecule has 0 unspecified atom stereocenters. The number of aromatic nitrogens is 3. The minimum Gasteiger partial charge on any atom is -0.394 e. The highest BCUT2D eigenvalue weighted by Crippen LogP contribution is 2.27. The number of aryl methyl sites for hydroxylation is 1. The molecule has 1 aliphatic rings. The summed E-state index contributed by atoms with van der Waals surface area (Å²) in [5.74, 6) is 0.550. The Labute approximate surface area is 106 Å². The molecule has 100 valence electrons. The van der Waals surface area contributed by atoms with Crippen molar-refractivity contribution in [2.24, 2.45) is 0 Å². The molecule has 1 fully saturated rings. The summed E-state index contributed by atoms with van der Waals surface area (Å²) in [6.07, 6.45) is 5.59. The maximum absolute atomic E-state index is 12.0. The van der Waals surface area contributed by atoms with Gasteiger partial charge in [0, 0.05) is 6.42 Å². The molecule has 0 aliphatic heterocycles. The molecule has 6 nitrogen and oxygen atoms in total. The standard InChI is InChI=1S/C12H20N4O2/c1-2-9-13-10(16-15-9)11(18)14-12(8-17)6-4-3-5-7-12/h17H,2-8H2,1H3,(H,14,18)(H,13,15,16). The quantitative estimate of drug-likeness (QED) is 0.739. The first-order valence-electron chi connectivity index (χ1n) is 6.54. The molecule has 1 saturated carbocycles. The van der Waals surface area contributed by atoms with Crippen LogP contribution in [0.25, 0.3) is 0 Å². The number of nitrogens with one attached hydrogen (secondary N) is 2. The molecule has 0 radical (unpaired) electrons. The molecular formula is C12H20N4O2. The van der Waals surface area contributed by atoms with Crippen LogP contribution in [-0.2, 0) is 6.42 Å². The predicted molar refractivity (Wildman–Crippen MR) is 66.1 cm³/mol. The van der Waals surface area contributed by atoms with Crippen LogP contribution in [0.1, 0.15) is 55.5 Å². The lowest BCUT2D eigenvalue weighted by Gasteiger charge is -2.36. The zero-order chi connectivity index (χ0) is 13.0. The van der Waals surface area contributed by atoms with Crippen molar-refractivity contribution in [2.75, 3.05) is 6.61 Å². The van der Waals surface area contributed by atoms with Gasteiger partial charge < -0.3 is 10.4 Å². The second-order valence-corrected chi connectivity index (χ2v) is 4.91. The fourth-order valence-electron chi connectivity index (χ4n) is 2.40. The van der Waals surface area contributed by atoms with Crippen LogP contribution in [0.2, 0.25) is 0 Å². The zero-order valence-corrected chi connectivity index (χ0v) is 10.7. The first-order valence-corrected chi connectivity index (χ1v) is 6.54. The van der Waals surface area contributed by atoms with Crippen molar-refractivity contribution in [3.05, 3.63) is 11.6 Å². The highest BCUT2D eigenvalue weighted by Gasteiger charge is 2.33. The number of carbonyl (C=O) groups excluding carboxylic acids is 1. The van der Waals surface area contributed by atoms with Crippen molar-refractivity contribution in [2.45, 2.75) is 51.0 Å². The van der Waals surface area contributed by atoms with Gasteiger partial charge in [-0.05, 0) is 12.8 Å². The number of carbonyl (C=O) groups is 1. The topological polar surface area (TPSA) is 90.9 Å². The van der Waals surface area contributed by atoms with Gasteiger partial charge in [0.1, 0.15) is 5.82 Å². The second-order valence-electron chi connectivity index (χ2n) is 4.91. The lowest BCUT2D eigenvalue weighted by Crippen LogP contribution is -2.52. The van der Waals surface area contributed by atoms with E-state index >= 15 is 0 Å². The SMILES string of the molecule is CCc1nc(C(=O)NC2(CO)CCCCC2)n[nH]1. The summed E-state index contributed by atoms with van der Waals surface area (Å²) >= 11 is 0. The van der Waals surface area contributed by atoms with Crippen LogP contribution in [-0.4, -0.2) is 38.3 Å². The number of H-pyrrole nitrogens is 1. The minimum absolute atomic E-state index is 0.0240. The fourth-order valence-corrected chi connectivity index (χ4v) is 2.40. The highest BCUT2D eigenvalue weighted by molar-refractivity contribution is 5.90. The van der Waals surface area contributed by atoms with E-state index < -0.39 is 5.54 Å². The molecule has 6 heteroatoms. The maximum atomic E-state index is 12.0. The Morgan fingerprint density at radius 2 is 2.17 bits per heavy atom. The van der Waals surface area contributed by atoms with Crippen LogP contribution in [0.3, 0.4) is 0 Å². The van der Waals surface area contributed by atoms with Crippen molar-refractivity contribution >= 4 is 5.91 Å². The van der Waals surface area contributed by atoms with E-state index in [4.69, 9.17) is 0 Å². The maximum Gasteiger partial charge on any atom is 0.291 e. The Kier molecular flexibility index (Phi) is 3.96. The number of aliphatic hydroxyl groups excluding tert-OH is 1. The van der Waals surface area contributed by atoms with Gasteiger partial charge >= 0.3 is 0 Å². The average Bonchev–Trinajstić information content (AvgIpc) is 2.88. The van der Waals surface area contributed by atoms with E-state index in [9.17, 15) is 9.90 Å². The van der Waals surface area contributed by atoms with Gasteiger partial charge in [0.25, 0.3) is 5.91 Å². The van der Waals surface area contributed by atoms with Crippen molar-refractivity contribution in [1.29, 1.82) is 0 Å². The van der Waals surface area contributed by atoms with Gasteiger partial charge in [0.2, 0.25) is 5.82 Å². The van der Waals surface area contributed by atoms with Gasteiger partial charge in [0.15, 0.2) is 0 Å². The van der Waals surface area contributed by atoms with Gasteiger partial charge in [-0.3, -0.25) is 9.89 Å². The van der Waals surface area contributed by atoms with Crippen molar-refractivity contribution in [1.82, 2.24) is 20.5 Å². The number of aliphatic hydroxyl groups is 1. The molecule has 1 aromatic rings. The van der Waals surface area contributed by atoms with Crippen LogP contribution < -0.4 is 5.32 Å². The first kappa shape index (κ1) is 13.0.